The van der Waals surface area contributed by atoms with Gasteiger partial charge in [0.15, 0.2) is 0 Å². The second-order valence-corrected chi connectivity index (χ2v) is 9.89. The minimum Gasteiger partial charge on any atom is -0.407 e. The van der Waals surface area contributed by atoms with Crippen molar-refractivity contribution in [3.63, 3.8) is 0 Å². The molecule has 1 N–H and O–H groups in total. The van der Waals surface area contributed by atoms with Gasteiger partial charge in [-0.3, -0.25) is 10.1 Å². The molecular weight excluding hydrogens is 452 g/mol. The van der Waals surface area contributed by atoms with Crippen molar-refractivity contribution < 1.29 is 17.6 Å². The van der Waals surface area contributed by atoms with Gasteiger partial charge in [0.2, 0.25) is 15.9 Å². The van der Waals surface area contributed by atoms with Gasteiger partial charge in [-0.25, -0.2) is 8.42 Å². The Morgan fingerprint density at radius 3 is 2.21 bits per heavy atom. The Morgan fingerprint density at radius 2 is 1.65 bits per heavy atom. The molecular formula is C25H28N4O4S. The number of carbonyl (C=O) groups is 1. The molecule has 178 valence electrons. The molecule has 1 heterocycles. The fourth-order valence-corrected chi connectivity index (χ4v) is 4.61. The highest BCUT2D eigenvalue weighted by molar-refractivity contribution is 7.89. The molecule has 0 radical (unpaired) electrons. The summed E-state index contributed by atoms with van der Waals surface area (Å²) < 4.78 is 32.4. The van der Waals surface area contributed by atoms with Crippen LogP contribution in [-0.2, 0) is 16.4 Å². The zero-order valence-corrected chi connectivity index (χ0v) is 20.1. The highest BCUT2D eigenvalue weighted by atomic mass is 32.2. The summed E-state index contributed by atoms with van der Waals surface area (Å²) in [6.07, 6.45) is 3.45. The Balaban J connectivity index is 1.65. The van der Waals surface area contributed by atoms with E-state index in [4.69, 9.17) is 4.42 Å². The Kier molecular flexibility index (Phi) is 8.14. The van der Waals surface area contributed by atoms with E-state index < -0.39 is 15.9 Å². The highest BCUT2D eigenvalue weighted by Crippen LogP contribution is 2.19. The standard InChI is InChI=1S/C25H28N4O4S/c1-5-15-29(16-6-2)34(31,32)22-13-11-21(12-14-22)24(30)26-25-28-27-23(33-25)17-19-7-9-20(10-8-19)18(3)4/h5-14,18H,1-2,15-17H2,3-4H3,(H,26,28,30). The molecule has 0 atom stereocenters. The third kappa shape index (κ3) is 6.06. The molecule has 0 aliphatic carbocycles. The van der Waals surface area contributed by atoms with Crippen LogP contribution in [0.1, 0.15) is 47.1 Å². The van der Waals surface area contributed by atoms with Gasteiger partial charge in [-0.15, -0.1) is 18.3 Å². The van der Waals surface area contributed by atoms with Gasteiger partial charge in [0, 0.05) is 18.7 Å². The summed E-state index contributed by atoms with van der Waals surface area (Å²) in [5, 5.41) is 10.4. The van der Waals surface area contributed by atoms with Gasteiger partial charge in [-0.1, -0.05) is 55.4 Å². The van der Waals surface area contributed by atoms with E-state index in [-0.39, 0.29) is 29.6 Å². The summed E-state index contributed by atoms with van der Waals surface area (Å²) >= 11 is 0. The van der Waals surface area contributed by atoms with Gasteiger partial charge in [-0.2, -0.15) is 4.31 Å². The second-order valence-electron chi connectivity index (χ2n) is 7.95. The van der Waals surface area contributed by atoms with Crippen molar-refractivity contribution in [2.24, 2.45) is 0 Å². The Morgan fingerprint density at radius 1 is 1.03 bits per heavy atom. The zero-order valence-electron chi connectivity index (χ0n) is 19.3. The lowest BCUT2D eigenvalue weighted by atomic mass is 10.0. The van der Waals surface area contributed by atoms with Gasteiger partial charge < -0.3 is 4.42 Å². The van der Waals surface area contributed by atoms with E-state index in [9.17, 15) is 13.2 Å². The van der Waals surface area contributed by atoms with E-state index in [1.807, 2.05) is 12.1 Å². The number of amides is 1. The van der Waals surface area contributed by atoms with Gasteiger partial charge >= 0.3 is 6.01 Å². The number of anilines is 1. The van der Waals surface area contributed by atoms with Crippen molar-refractivity contribution in [2.75, 3.05) is 18.4 Å². The number of sulfonamides is 1. The summed E-state index contributed by atoms with van der Waals surface area (Å²) in [4.78, 5) is 12.6. The number of rotatable bonds is 11. The molecule has 3 rings (SSSR count). The van der Waals surface area contributed by atoms with Crippen molar-refractivity contribution >= 4 is 21.9 Å². The molecule has 2 aromatic carbocycles. The minimum atomic E-state index is -3.74. The van der Waals surface area contributed by atoms with Gasteiger partial charge in [-0.05, 0) is 41.3 Å². The molecule has 0 spiro atoms. The first-order chi connectivity index (χ1) is 16.2. The maximum absolute atomic E-state index is 12.8. The number of carbonyl (C=O) groups excluding carboxylic acids is 1. The van der Waals surface area contributed by atoms with Gasteiger partial charge in [0.1, 0.15) is 0 Å². The fourth-order valence-electron chi connectivity index (χ4n) is 3.23. The SMILES string of the molecule is C=CCN(CC=C)S(=O)(=O)c1ccc(C(=O)Nc2nnc(Cc3ccc(C(C)C)cc3)o2)cc1. The van der Waals surface area contributed by atoms with Crippen molar-refractivity contribution in [3.8, 4) is 0 Å². The molecule has 0 aliphatic heterocycles. The molecule has 3 aromatic rings. The second kappa shape index (κ2) is 11.0. The van der Waals surface area contributed by atoms with Gasteiger partial charge in [0.25, 0.3) is 5.91 Å². The molecule has 0 saturated carbocycles. The van der Waals surface area contributed by atoms with Crippen LogP contribution in [0.3, 0.4) is 0 Å². The number of benzene rings is 2. The normalized spacial score (nSPS) is 11.5. The molecule has 0 bridgehead atoms. The summed E-state index contributed by atoms with van der Waals surface area (Å²) in [6.45, 7) is 11.7. The number of hydrogen-bond donors (Lipinski definition) is 1. The van der Waals surface area contributed by atoms with Crippen molar-refractivity contribution in [2.45, 2.75) is 31.1 Å². The molecule has 8 nitrogen and oxygen atoms in total. The van der Waals surface area contributed by atoms with E-state index in [1.165, 1.54) is 46.3 Å². The van der Waals surface area contributed by atoms with Crippen molar-refractivity contribution in [3.05, 3.63) is 96.4 Å². The van der Waals surface area contributed by atoms with Crippen LogP contribution in [0, 0.1) is 0 Å². The van der Waals surface area contributed by atoms with E-state index in [0.29, 0.717) is 18.2 Å². The third-order valence-corrected chi connectivity index (χ3v) is 6.95. The van der Waals surface area contributed by atoms with Crippen LogP contribution < -0.4 is 5.32 Å². The first-order valence-corrected chi connectivity index (χ1v) is 12.2. The van der Waals surface area contributed by atoms with Crippen molar-refractivity contribution in [1.82, 2.24) is 14.5 Å². The van der Waals surface area contributed by atoms with Crippen LogP contribution in [0.25, 0.3) is 0 Å². The number of nitrogens with zero attached hydrogens (tertiary/aromatic N) is 3. The smallest absolute Gasteiger partial charge is 0.322 e. The lowest BCUT2D eigenvalue weighted by Gasteiger charge is -2.19. The first-order valence-electron chi connectivity index (χ1n) is 10.8. The molecule has 0 aliphatic rings. The predicted octanol–water partition coefficient (Wildman–Crippen LogP) is 4.40. The minimum absolute atomic E-state index is 0.0290. The quantitative estimate of drug-likeness (QED) is 0.408. The summed E-state index contributed by atoms with van der Waals surface area (Å²) in [6, 6.07) is 13.7. The van der Waals surface area contributed by atoms with Crippen LogP contribution in [0.4, 0.5) is 6.01 Å². The topological polar surface area (TPSA) is 105 Å². The van der Waals surface area contributed by atoms with Crippen LogP contribution in [-0.4, -0.2) is 41.9 Å². The average Bonchev–Trinajstić information content (AvgIpc) is 3.25. The molecule has 0 unspecified atom stereocenters. The van der Waals surface area contributed by atoms with Gasteiger partial charge in [0.05, 0.1) is 11.3 Å². The van der Waals surface area contributed by atoms with Crippen molar-refractivity contribution in [1.29, 1.82) is 0 Å². The summed E-state index contributed by atoms with van der Waals surface area (Å²) in [5.41, 5.74) is 2.52. The number of nitrogens with one attached hydrogen (secondary N) is 1. The largest absolute Gasteiger partial charge is 0.407 e. The molecule has 0 fully saturated rings. The third-order valence-electron chi connectivity index (χ3n) is 5.11. The lowest BCUT2D eigenvalue weighted by molar-refractivity contribution is 0.102. The predicted molar refractivity (Wildman–Crippen MR) is 131 cm³/mol. The monoisotopic (exact) mass is 480 g/mol. The van der Waals surface area contributed by atoms with Crippen LogP contribution in [0.2, 0.25) is 0 Å². The molecule has 9 heteroatoms. The summed E-state index contributed by atoms with van der Waals surface area (Å²) in [5.74, 6) is 0.333. The zero-order chi connectivity index (χ0) is 24.7. The molecule has 1 aromatic heterocycles. The maximum atomic E-state index is 12.8. The number of aromatic nitrogens is 2. The van der Waals surface area contributed by atoms with E-state index in [1.54, 1.807) is 0 Å². The van der Waals surface area contributed by atoms with Crippen LogP contribution in [0.5, 0.6) is 0 Å². The highest BCUT2D eigenvalue weighted by Gasteiger charge is 2.23. The van der Waals surface area contributed by atoms with E-state index in [2.05, 4.69) is 54.7 Å². The van der Waals surface area contributed by atoms with Crippen LogP contribution >= 0.6 is 0 Å². The summed E-state index contributed by atoms with van der Waals surface area (Å²) in [7, 11) is -3.74. The first kappa shape index (κ1) is 25.1. The maximum Gasteiger partial charge on any atom is 0.322 e. The molecule has 1 amide bonds. The Labute approximate surface area is 200 Å². The average molecular weight is 481 g/mol. The Hall–Kier alpha value is -3.56. The van der Waals surface area contributed by atoms with E-state index >= 15 is 0 Å². The molecule has 0 saturated heterocycles. The van der Waals surface area contributed by atoms with E-state index in [0.717, 1.165) is 5.56 Å². The Bertz CT molecular complexity index is 1240. The molecule has 34 heavy (non-hydrogen) atoms. The fraction of sp³-hybridized carbons (Fsp3) is 0.240. The van der Waals surface area contributed by atoms with Crippen LogP contribution in [0.15, 0.2) is 83.2 Å². The number of hydrogen-bond acceptors (Lipinski definition) is 6. The lowest BCUT2D eigenvalue weighted by Crippen LogP contribution is -2.31.